The number of carbonyl (C=O) groups is 2. The molecule has 170 valence electrons. The third kappa shape index (κ3) is 6.08. The van der Waals surface area contributed by atoms with E-state index in [0.29, 0.717) is 24.2 Å². The van der Waals surface area contributed by atoms with Crippen LogP contribution in [0, 0.1) is 17.5 Å². The van der Waals surface area contributed by atoms with Crippen molar-refractivity contribution in [2.75, 3.05) is 30.4 Å². The second-order valence-electron chi connectivity index (χ2n) is 7.21. The van der Waals surface area contributed by atoms with Crippen molar-refractivity contribution < 1.29 is 27.9 Å². The van der Waals surface area contributed by atoms with Gasteiger partial charge in [0.15, 0.2) is 17.4 Å². The lowest BCUT2D eigenvalue weighted by Gasteiger charge is -2.17. The van der Waals surface area contributed by atoms with Crippen molar-refractivity contribution in [2.45, 2.75) is 0 Å². The molecule has 0 bridgehead atoms. The number of hydrogen-bond donors (Lipinski definition) is 2. The molecule has 0 radical (unpaired) electrons. The lowest BCUT2D eigenvalue weighted by atomic mass is 10.1. The maximum Gasteiger partial charge on any atom is 0.258 e. The van der Waals surface area contributed by atoms with Crippen LogP contribution in [0.25, 0.3) is 6.08 Å². The lowest BCUT2D eigenvalue weighted by molar-refractivity contribution is 0.102. The average molecular weight is 454 g/mol. The molecule has 0 fully saturated rings. The van der Waals surface area contributed by atoms with Crippen molar-refractivity contribution in [1.29, 1.82) is 0 Å². The number of amides is 1. The van der Waals surface area contributed by atoms with Gasteiger partial charge in [0, 0.05) is 36.6 Å². The summed E-state index contributed by atoms with van der Waals surface area (Å²) in [5.74, 6) is -5.11. The highest BCUT2D eigenvalue weighted by atomic mass is 19.2. The normalized spacial score (nSPS) is 10.9. The minimum absolute atomic E-state index is 0.0524. The molecule has 0 heterocycles. The number of nitrogens with one attached hydrogen (secondary N) is 1. The zero-order valence-electron chi connectivity index (χ0n) is 17.7. The average Bonchev–Trinajstić information content (AvgIpc) is 2.80. The maximum atomic E-state index is 13.7. The number of likely N-dealkylation sites (N-methyl/N-ethyl adjacent to an activating group) is 1. The Bertz CT molecular complexity index is 1180. The topological polar surface area (TPSA) is 69.6 Å². The Kier molecular flexibility index (Phi) is 7.63. The maximum absolute atomic E-state index is 13.7. The minimum Gasteiger partial charge on any atom is -0.395 e. The highest BCUT2D eigenvalue weighted by molar-refractivity contribution is 6.08. The fraction of sp³-hybridized carbons (Fsp3) is 0.120. The summed E-state index contributed by atoms with van der Waals surface area (Å²) in [5.41, 5.74) is 1.75. The highest BCUT2D eigenvalue weighted by Crippen LogP contribution is 2.18. The number of ketones is 1. The molecule has 0 aliphatic heterocycles. The van der Waals surface area contributed by atoms with Gasteiger partial charge in [-0.1, -0.05) is 18.2 Å². The molecule has 2 N–H and O–H groups in total. The van der Waals surface area contributed by atoms with Crippen LogP contribution in [0.5, 0.6) is 0 Å². The molecule has 3 aromatic carbocycles. The Morgan fingerprint density at radius 2 is 1.58 bits per heavy atom. The summed E-state index contributed by atoms with van der Waals surface area (Å²) in [7, 11) is 1.87. The van der Waals surface area contributed by atoms with Crippen LogP contribution in [0.15, 0.2) is 66.7 Å². The molecule has 0 spiro atoms. The first kappa shape index (κ1) is 23.7. The summed E-state index contributed by atoms with van der Waals surface area (Å²) in [6.45, 7) is 0.566. The standard InChI is InChI=1S/C25H21F3N2O3/c1-30(12-13-31)19-9-2-16(3-10-19)4-11-24(32)17-5-7-18(8-6-17)29-25(33)20-14-22(27)23(28)15-21(20)26/h2-11,14-15,31H,12-13H2,1H3,(H,29,33)/b11-4+. The molecule has 0 atom stereocenters. The number of hydrogen-bond acceptors (Lipinski definition) is 4. The number of allylic oxidation sites excluding steroid dienone is 1. The van der Waals surface area contributed by atoms with Gasteiger partial charge < -0.3 is 15.3 Å². The molecule has 0 aromatic heterocycles. The summed E-state index contributed by atoms with van der Waals surface area (Å²) < 4.78 is 40.1. The number of benzene rings is 3. The molecule has 0 unspecified atom stereocenters. The van der Waals surface area contributed by atoms with E-state index in [4.69, 9.17) is 5.11 Å². The predicted octanol–water partition coefficient (Wildman–Crippen LogP) is 4.68. The summed E-state index contributed by atoms with van der Waals surface area (Å²) >= 11 is 0. The number of carbonyl (C=O) groups excluding carboxylic acids is 2. The van der Waals surface area contributed by atoms with Crippen molar-refractivity contribution in [1.82, 2.24) is 0 Å². The van der Waals surface area contributed by atoms with E-state index in [2.05, 4.69) is 5.32 Å². The van der Waals surface area contributed by atoms with E-state index in [1.54, 1.807) is 6.08 Å². The summed E-state index contributed by atoms with van der Waals surface area (Å²) in [4.78, 5) is 26.5. The minimum atomic E-state index is -1.38. The van der Waals surface area contributed by atoms with E-state index < -0.39 is 28.9 Å². The molecule has 0 saturated heterocycles. The SMILES string of the molecule is CN(CCO)c1ccc(/C=C/C(=O)c2ccc(NC(=O)c3cc(F)c(F)cc3F)cc2)cc1. The Morgan fingerprint density at radius 3 is 2.21 bits per heavy atom. The monoisotopic (exact) mass is 454 g/mol. The van der Waals surface area contributed by atoms with Crippen molar-refractivity contribution in [3.8, 4) is 0 Å². The van der Waals surface area contributed by atoms with Crippen LogP contribution in [-0.2, 0) is 0 Å². The lowest BCUT2D eigenvalue weighted by Crippen LogP contribution is -2.20. The number of nitrogens with zero attached hydrogens (tertiary/aromatic N) is 1. The molecule has 3 rings (SSSR count). The van der Waals surface area contributed by atoms with Gasteiger partial charge in [0.05, 0.1) is 12.2 Å². The van der Waals surface area contributed by atoms with Crippen LogP contribution in [0.1, 0.15) is 26.3 Å². The molecule has 0 saturated carbocycles. The highest BCUT2D eigenvalue weighted by Gasteiger charge is 2.16. The Balaban J connectivity index is 1.63. The van der Waals surface area contributed by atoms with Crippen molar-refractivity contribution in [3.05, 3.63) is 101 Å². The summed E-state index contributed by atoms with van der Waals surface area (Å²) in [5, 5.41) is 11.4. The molecular formula is C25H21F3N2O3. The molecular weight excluding hydrogens is 433 g/mol. The zero-order valence-corrected chi connectivity index (χ0v) is 17.7. The van der Waals surface area contributed by atoms with Gasteiger partial charge in [0.1, 0.15) is 5.82 Å². The molecule has 8 heteroatoms. The fourth-order valence-electron chi connectivity index (χ4n) is 3.00. The van der Waals surface area contributed by atoms with E-state index in [1.807, 2.05) is 36.2 Å². The van der Waals surface area contributed by atoms with Crippen molar-refractivity contribution >= 4 is 29.1 Å². The van der Waals surface area contributed by atoms with Crippen LogP contribution in [-0.4, -0.2) is 37.0 Å². The van der Waals surface area contributed by atoms with Crippen LogP contribution < -0.4 is 10.2 Å². The van der Waals surface area contributed by atoms with Gasteiger partial charge in [-0.25, -0.2) is 13.2 Å². The van der Waals surface area contributed by atoms with Crippen LogP contribution in [0.3, 0.4) is 0 Å². The molecule has 0 aliphatic carbocycles. The van der Waals surface area contributed by atoms with Crippen molar-refractivity contribution in [2.24, 2.45) is 0 Å². The number of halogens is 3. The van der Waals surface area contributed by atoms with Crippen LogP contribution >= 0.6 is 0 Å². The summed E-state index contributed by atoms with van der Waals surface area (Å²) in [6, 6.07) is 14.1. The molecule has 3 aromatic rings. The third-order valence-electron chi connectivity index (χ3n) is 4.88. The second kappa shape index (κ2) is 10.6. The Morgan fingerprint density at radius 1 is 0.939 bits per heavy atom. The van der Waals surface area contributed by atoms with Gasteiger partial charge in [-0.3, -0.25) is 9.59 Å². The van der Waals surface area contributed by atoms with Gasteiger partial charge in [0.2, 0.25) is 0 Å². The molecule has 5 nitrogen and oxygen atoms in total. The van der Waals surface area contributed by atoms with E-state index in [1.165, 1.54) is 30.3 Å². The first-order valence-electron chi connectivity index (χ1n) is 9.99. The van der Waals surface area contributed by atoms with Crippen LogP contribution in [0.4, 0.5) is 24.5 Å². The van der Waals surface area contributed by atoms with Crippen molar-refractivity contribution in [3.63, 3.8) is 0 Å². The smallest absolute Gasteiger partial charge is 0.258 e. The van der Waals surface area contributed by atoms with Crippen LogP contribution in [0.2, 0.25) is 0 Å². The van der Waals surface area contributed by atoms with E-state index in [9.17, 15) is 22.8 Å². The van der Waals surface area contributed by atoms with Gasteiger partial charge in [-0.2, -0.15) is 0 Å². The number of anilines is 2. The molecule has 0 aliphatic rings. The van der Waals surface area contributed by atoms with E-state index in [-0.39, 0.29) is 18.1 Å². The Labute approximate surface area is 188 Å². The van der Waals surface area contributed by atoms with E-state index in [0.717, 1.165) is 11.3 Å². The number of rotatable bonds is 8. The molecule has 1 amide bonds. The summed E-state index contributed by atoms with van der Waals surface area (Å²) in [6.07, 6.45) is 3.08. The van der Waals surface area contributed by atoms with Gasteiger partial charge in [0.25, 0.3) is 5.91 Å². The molecule has 33 heavy (non-hydrogen) atoms. The van der Waals surface area contributed by atoms with Gasteiger partial charge in [-0.05, 0) is 54.1 Å². The quantitative estimate of drug-likeness (QED) is 0.295. The second-order valence-corrected chi connectivity index (χ2v) is 7.21. The number of aliphatic hydroxyl groups is 1. The Hall–Kier alpha value is -3.91. The zero-order chi connectivity index (χ0) is 24.0. The first-order chi connectivity index (χ1) is 15.8. The predicted molar refractivity (Wildman–Crippen MR) is 121 cm³/mol. The van der Waals surface area contributed by atoms with E-state index >= 15 is 0 Å². The first-order valence-corrected chi connectivity index (χ1v) is 9.99. The number of aliphatic hydroxyl groups excluding tert-OH is 1. The van der Waals surface area contributed by atoms with Gasteiger partial charge in [-0.15, -0.1) is 0 Å². The largest absolute Gasteiger partial charge is 0.395 e. The third-order valence-corrected chi connectivity index (χ3v) is 4.88. The fourth-order valence-corrected chi connectivity index (χ4v) is 3.00. The van der Waals surface area contributed by atoms with Gasteiger partial charge >= 0.3 is 0 Å².